The van der Waals surface area contributed by atoms with Crippen LogP contribution in [0.2, 0.25) is 0 Å². The molecule has 1 aromatic heterocycles. The average molecular weight is 336 g/mol. The van der Waals surface area contributed by atoms with E-state index in [2.05, 4.69) is 15.5 Å². The Bertz CT molecular complexity index is 700. The highest BCUT2D eigenvalue weighted by molar-refractivity contribution is 5.96. The van der Waals surface area contributed by atoms with Gasteiger partial charge in [-0.2, -0.15) is 5.23 Å². The van der Waals surface area contributed by atoms with Crippen LogP contribution in [0.15, 0.2) is 18.2 Å². The van der Waals surface area contributed by atoms with Crippen LogP contribution in [0.4, 0.5) is 11.4 Å². The van der Waals surface area contributed by atoms with Gasteiger partial charge in [-0.25, -0.2) is 14.7 Å². The molecular weight excluding hydrogens is 316 g/mol. The summed E-state index contributed by atoms with van der Waals surface area (Å²) in [6, 6.07) is 4.31. The number of quaternary nitrogens is 1. The van der Waals surface area contributed by atoms with Crippen LogP contribution < -0.4 is 10.1 Å². The van der Waals surface area contributed by atoms with E-state index in [0.717, 1.165) is 6.42 Å². The molecule has 0 spiro atoms. The van der Waals surface area contributed by atoms with Crippen LogP contribution in [0.5, 0.6) is 0 Å². The third-order valence-electron chi connectivity index (χ3n) is 3.32. The molecule has 0 radical (unpaired) electrons. The molecule has 0 saturated heterocycles. The molecule has 0 aliphatic rings. The topological polar surface area (TPSA) is 121 Å². The number of tetrazole rings is 1. The fraction of sp³-hybridized carbons (Fsp3) is 0.429. The summed E-state index contributed by atoms with van der Waals surface area (Å²) in [7, 11) is 3.52. The van der Waals surface area contributed by atoms with E-state index in [1.54, 1.807) is 29.7 Å². The van der Waals surface area contributed by atoms with Crippen LogP contribution in [0, 0.1) is 5.21 Å². The number of hydrogen-bond donors (Lipinski definition) is 2. The molecule has 0 amide bonds. The number of carbonyl (C=O) groups excluding carboxylic acids is 1. The van der Waals surface area contributed by atoms with Crippen LogP contribution in [0.1, 0.15) is 29.5 Å². The van der Waals surface area contributed by atoms with E-state index in [-0.39, 0.29) is 17.9 Å². The van der Waals surface area contributed by atoms with Gasteiger partial charge in [0.25, 0.3) is 0 Å². The SMILES string of the molecule is CCCn1nnnc1COC(=O)c1cc([NH+]([O-])O)ccc1N(C)C. The van der Waals surface area contributed by atoms with Crippen molar-refractivity contribution in [3.63, 3.8) is 0 Å². The van der Waals surface area contributed by atoms with Crippen LogP contribution in [0.25, 0.3) is 0 Å². The molecular formula is C14H20N6O4. The van der Waals surface area contributed by atoms with Gasteiger partial charge in [0.2, 0.25) is 0 Å². The fourth-order valence-electron chi connectivity index (χ4n) is 2.14. The Balaban J connectivity index is 2.19. The minimum Gasteiger partial charge on any atom is -0.595 e. The Morgan fingerprint density at radius 1 is 1.46 bits per heavy atom. The average Bonchev–Trinajstić information content (AvgIpc) is 2.99. The second kappa shape index (κ2) is 7.81. The van der Waals surface area contributed by atoms with Crippen LogP contribution >= 0.6 is 0 Å². The van der Waals surface area contributed by atoms with Crippen molar-refractivity contribution < 1.29 is 20.0 Å². The molecule has 0 aliphatic heterocycles. The molecule has 1 heterocycles. The number of nitrogens with zero attached hydrogens (tertiary/aromatic N) is 5. The van der Waals surface area contributed by atoms with Gasteiger partial charge in [-0.15, -0.1) is 5.10 Å². The first-order chi connectivity index (χ1) is 11.4. The van der Waals surface area contributed by atoms with Crippen molar-refractivity contribution in [2.45, 2.75) is 26.5 Å². The van der Waals surface area contributed by atoms with Crippen molar-refractivity contribution >= 4 is 17.3 Å². The summed E-state index contributed by atoms with van der Waals surface area (Å²) >= 11 is 0. The van der Waals surface area contributed by atoms with Gasteiger partial charge in [-0.05, 0) is 22.9 Å². The molecule has 0 saturated carbocycles. The predicted octanol–water partition coefficient (Wildman–Crippen LogP) is -0.0905. The van der Waals surface area contributed by atoms with Crippen LogP contribution in [0.3, 0.4) is 0 Å². The van der Waals surface area contributed by atoms with E-state index in [1.165, 1.54) is 12.1 Å². The molecule has 0 fully saturated rings. The Morgan fingerprint density at radius 3 is 2.83 bits per heavy atom. The predicted molar refractivity (Wildman–Crippen MR) is 83.8 cm³/mol. The number of nitrogens with one attached hydrogen (secondary N) is 1. The lowest BCUT2D eigenvalue weighted by Crippen LogP contribution is -2.99. The normalized spacial score (nSPS) is 12.0. The first-order valence-electron chi connectivity index (χ1n) is 7.40. The summed E-state index contributed by atoms with van der Waals surface area (Å²) in [5.41, 5.74) is 0.760. The Morgan fingerprint density at radius 2 is 2.21 bits per heavy atom. The van der Waals surface area contributed by atoms with Crippen molar-refractivity contribution in [1.29, 1.82) is 0 Å². The molecule has 0 aliphatic carbocycles. The Labute approximate surface area is 138 Å². The first kappa shape index (κ1) is 17.8. The summed E-state index contributed by atoms with van der Waals surface area (Å²) in [5.74, 6) is -0.196. The molecule has 2 rings (SSSR count). The molecule has 24 heavy (non-hydrogen) atoms. The van der Waals surface area contributed by atoms with Gasteiger partial charge in [-0.1, -0.05) is 6.92 Å². The molecule has 0 bridgehead atoms. The molecule has 1 atom stereocenters. The van der Waals surface area contributed by atoms with E-state index >= 15 is 0 Å². The standard InChI is InChI=1S/C14H20N6O4/c1-4-7-19-13(15-16-17-19)9-24-14(21)11-8-10(20(22)23)5-6-12(11)18(2)3/h5-6,8,20,22H,4,7,9H2,1-3H3. The van der Waals surface area contributed by atoms with Gasteiger partial charge in [0.1, 0.15) is 0 Å². The monoisotopic (exact) mass is 336 g/mol. The molecule has 1 aromatic carbocycles. The molecule has 2 aromatic rings. The van der Waals surface area contributed by atoms with E-state index in [4.69, 9.17) is 9.94 Å². The number of aryl methyl sites for hydroxylation is 1. The zero-order valence-electron chi connectivity index (χ0n) is 13.8. The largest absolute Gasteiger partial charge is 0.595 e. The highest BCUT2D eigenvalue weighted by atomic mass is 16.8. The zero-order valence-corrected chi connectivity index (χ0v) is 13.8. The number of ether oxygens (including phenoxy) is 1. The molecule has 1 unspecified atom stereocenters. The Hall–Kier alpha value is -2.56. The third-order valence-corrected chi connectivity index (χ3v) is 3.32. The number of benzene rings is 1. The lowest BCUT2D eigenvalue weighted by molar-refractivity contribution is -0.991. The number of rotatable bonds is 7. The minimum absolute atomic E-state index is 0.0170. The maximum Gasteiger partial charge on any atom is 0.340 e. The second-order valence-corrected chi connectivity index (χ2v) is 5.33. The number of carbonyl (C=O) groups is 1. The fourth-order valence-corrected chi connectivity index (χ4v) is 2.14. The number of anilines is 1. The highest BCUT2D eigenvalue weighted by Crippen LogP contribution is 2.22. The molecule has 2 N–H and O–H groups in total. The van der Waals surface area contributed by atoms with Gasteiger partial charge in [-0.3, -0.25) is 0 Å². The van der Waals surface area contributed by atoms with Crippen LogP contribution in [-0.2, 0) is 17.9 Å². The quantitative estimate of drug-likeness (QED) is 0.531. The minimum atomic E-state index is -1.11. The Kier molecular flexibility index (Phi) is 5.79. The number of aromatic nitrogens is 4. The smallest absolute Gasteiger partial charge is 0.340 e. The van der Waals surface area contributed by atoms with E-state index in [1.807, 2.05) is 6.92 Å². The lowest BCUT2D eigenvalue weighted by Gasteiger charge is -2.19. The van der Waals surface area contributed by atoms with Crippen molar-refractivity contribution in [1.82, 2.24) is 20.2 Å². The molecule has 130 valence electrons. The zero-order chi connectivity index (χ0) is 17.7. The molecule has 10 heteroatoms. The van der Waals surface area contributed by atoms with Gasteiger partial charge < -0.3 is 14.8 Å². The summed E-state index contributed by atoms with van der Waals surface area (Å²) in [4.78, 5) is 14.1. The summed E-state index contributed by atoms with van der Waals surface area (Å²) in [6.45, 7) is 2.52. The van der Waals surface area contributed by atoms with Crippen molar-refractivity contribution in [2.24, 2.45) is 0 Å². The van der Waals surface area contributed by atoms with Gasteiger partial charge >= 0.3 is 5.97 Å². The van der Waals surface area contributed by atoms with Gasteiger partial charge in [0, 0.05) is 32.8 Å². The van der Waals surface area contributed by atoms with Crippen molar-refractivity contribution in [3.8, 4) is 0 Å². The lowest BCUT2D eigenvalue weighted by atomic mass is 10.1. The number of hydrogen-bond acceptors (Lipinski definition) is 8. The summed E-state index contributed by atoms with van der Waals surface area (Å²) < 4.78 is 6.83. The van der Waals surface area contributed by atoms with Crippen molar-refractivity contribution in [3.05, 3.63) is 34.8 Å². The first-order valence-corrected chi connectivity index (χ1v) is 7.40. The van der Waals surface area contributed by atoms with E-state index < -0.39 is 11.2 Å². The third kappa shape index (κ3) is 4.04. The highest BCUT2D eigenvalue weighted by Gasteiger charge is 2.18. The van der Waals surface area contributed by atoms with Gasteiger partial charge in [0.05, 0.1) is 11.3 Å². The maximum absolute atomic E-state index is 12.4. The number of esters is 1. The summed E-state index contributed by atoms with van der Waals surface area (Å²) in [6.07, 6.45) is 0.845. The van der Waals surface area contributed by atoms with E-state index in [0.29, 0.717) is 18.1 Å². The maximum atomic E-state index is 12.4. The van der Waals surface area contributed by atoms with Gasteiger partial charge in [0.15, 0.2) is 18.1 Å². The summed E-state index contributed by atoms with van der Waals surface area (Å²) in [5, 5.41) is 30.3. The van der Waals surface area contributed by atoms with Crippen molar-refractivity contribution in [2.75, 3.05) is 19.0 Å². The van der Waals surface area contributed by atoms with Crippen LogP contribution in [-0.4, -0.2) is 45.5 Å². The van der Waals surface area contributed by atoms with E-state index in [9.17, 15) is 10.0 Å². The molecule has 10 nitrogen and oxygen atoms in total. The second-order valence-electron chi connectivity index (χ2n) is 5.33.